The Labute approximate surface area is 112 Å². The molecule has 1 heterocycles. The molecule has 1 aromatic heterocycles. The van der Waals surface area contributed by atoms with Crippen molar-refractivity contribution in [1.29, 1.82) is 0 Å². The summed E-state index contributed by atoms with van der Waals surface area (Å²) in [7, 11) is 0. The van der Waals surface area contributed by atoms with E-state index in [1.165, 1.54) is 11.1 Å². The second-order valence-corrected chi connectivity index (χ2v) is 4.63. The average molecular weight is 257 g/mol. The second-order valence-electron chi connectivity index (χ2n) is 4.19. The van der Waals surface area contributed by atoms with Crippen LogP contribution in [0.3, 0.4) is 0 Å². The molecular weight excluding hydrogens is 242 g/mol. The molecule has 0 bridgehead atoms. The lowest BCUT2D eigenvalue weighted by Gasteiger charge is -2.12. The first kappa shape index (κ1) is 12.5. The highest BCUT2D eigenvalue weighted by molar-refractivity contribution is 7.80. The van der Waals surface area contributed by atoms with Crippen LogP contribution in [0.4, 0.5) is 11.5 Å². The van der Waals surface area contributed by atoms with Crippen molar-refractivity contribution in [2.75, 3.05) is 5.32 Å². The van der Waals surface area contributed by atoms with Crippen LogP contribution >= 0.6 is 12.2 Å². The second kappa shape index (κ2) is 5.14. The van der Waals surface area contributed by atoms with Crippen molar-refractivity contribution in [3.63, 3.8) is 0 Å². The Kier molecular flexibility index (Phi) is 3.58. The molecule has 0 fully saturated rings. The van der Waals surface area contributed by atoms with Crippen LogP contribution in [-0.4, -0.2) is 9.97 Å². The summed E-state index contributed by atoms with van der Waals surface area (Å²) >= 11 is 4.96. The summed E-state index contributed by atoms with van der Waals surface area (Å²) in [4.78, 5) is 4.65. The third-order valence-corrected chi connectivity index (χ3v) is 3.01. The molecule has 0 radical (unpaired) electrons. The summed E-state index contributed by atoms with van der Waals surface area (Å²) in [6, 6.07) is 9.82. The van der Waals surface area contributed by atoms with Gasteiger partial charge in [-0.3, -0.25) is 0 Å². The highest BCUT2D eigenvalue weighted by Gasteiger charge is 2.04. The number of aromatic nitrogens is 1. The first-order valence-corrected chi connectivity index (χ1v) is 6.08. The number of pyridine rings is 1. The third-order valence-electron chi connectivity index (χ3n) is 2.78. The predicted octanol–water partition coefficient (Wildman–Crippen LogP) is 3.08. The lowest BCUT2D eigenvalue weighted by Crippen LogP contribution is -2.10. The molecule has 2 aromatic rings. The summed E-state index contributed by atoms with van der Waals surface area (Å²) in [5, 5.41) is 3.31. The van der Waals surface area contributed by atoms with Gasteiger partial charge in [-0.15, -0.1) is 0 Å². The van der Waals surface area contributed by atoms with Crippen molar-refractivity contribution in [3.8, 4) is 0 Å². The van der Waals surface area contributed by atoms with Crippen molar-refractivity contribution in [3.05, 3.63) is 53.2 Å². The van der Waals surface area contributed by atoms with E-state index in [2.05, 4.69) is 36.3 Å². The molecule has 0 aliphatic carbocycles. The lowest BCUT2D eigenvalue weighted by atomic mass is 10.1. The molecule has 4 heteroatoms. The quantitative estimate of drug-likeness (QED) is 0.830. The summed E-state index contributed by atoms with van der Waals surface area (Å²) in [5.74, 6) is 0.748. The smallest absolute Gasteiger partial charge is 0.130 e. The van der Waals surface area contributed by atoms with E-state index in [9.17, 15) is 0 Å². The Morgan fingerprint density at radius 1 is 1.22 bits per heavy atom. The minimum atomic E-state index is 0.377. The monoisotopic (exact) mass is 257 g/mol. The Balaban J connectivity index is 2.34. The Bertz CT molecular complexity index is 573. The van der Waals surface area contributed by atoms with Gasteiger partial charge in [-0.2, -0.15) is 0 Å². The number of benzene rings is 1. The Hall–Kier alpha value is -1.94. The highest BCUT2D eigenvalue weighted by Crippen LogP contribution is 2.23. The first-order chi connectivity index (χ1) is 8.58. The SMILES string of the molecule is Cc1cccc(C)c1Nc1cc(C(N)=S)ccn1. The van der Waals surface area contributed by atoms with Gasteiger partial charge in [0, 0.05) is 17.4 Å². The zero-order valence-corrected chi connectivity index (χ0v) is 11.2. The van der Waals surface area contributed by atoms with E-state index < -0.39 is 0 Å². The van der Waals surface area contributed by atoms with Gasteiger partial charge < -0.3 is 11.1 Å². The van der Waals surface area contributed by atoms with Gasteiger partial charge in [0.1, 0.15) is 10.8 Å². The van der Waals surface area contributed by atoms with E-state index >= 15 is 0 Å². The number of nitrogens with zero attached hydrogens (tertiary/aromatic N) is 1. The van der Waals surface area contributed by atoms with E-state index in [1.54, 1.807) is 12.3 Å². The third kappa shape index (κ3) is 2.65. The van der Waals surface area contributed by atoms with Crippen LogP contribution < -0.4 is 11.1 Å². The molecule has 2 rings (SSSR count). The summed E-state index contributed by atoms with van der Waals surface area (Å²) < 4.78 is 0. The van der Waals surface area contributed by atoms with Crippen LogP contribution in [0.1, 0.15) is 16.7 Å². The molecule has 3 N–H and O–H groups in total. The van der Waals surface area contributed by atoms with Crippen molar-refractivity contribution in [2.24, 2.45) is 5.73 Å². The molecule has 0 amide bonds. The zero-order chi connectivity index (χ0) is 13.1. The van der Waals surface area contributed by atoms with Crippen LogP contribution in [0.2, 0.25) is 0 Å². The standard InChI is InChI=1S/C14H15N3S/c1-9-4-3-5-10(2)13(9)17-12-8-11(14(15)18)6-7-16-12/h3-8H,1-2H3,(H2,15,18)(H,16,17). The fraction of sp³-hybridized carbons (Fsp3) is 0.143. The first-order valence-electron chi connectivity index (χ1n) is 5.67. The fourth-order valence-electron chi connectivity index (χ4n) is 1.79. The molecule has 0 unspecified atom stereocenters. The number of thiocarbonyl (C=S) groups is 1. The molecule has 3 nitrogen and oxygen atoms in total. The van der Waals surface area contributed by atoms with Crippen LogP contribution in [0.15, 0.2) is 36.5 Å². The zero-order valence-electron chi connectivity index (χ0n) is 10.4. The maximum absolute atomic E-state index is 5.61. The van der Waals surface area contributed by atoms with E-state index in [0.717, 1.165) is 17.1 Å². The van der Waals surface area contributed by atoms with Gasteiger partial charge in [0.25, 0.3) is 0 Å². The Morgan fingerprint density at radius 2 is 1.89 bits per heavy atom. The number of para-hydroxylation sites is 1. The summed E-state index contributed by atoms with van der Waals surface area (Å²) in [6.45, 7) is 4.12. The minimum Gasteiger partial charge on any atom is -0.389 e. The van der Waals surface area contributed by atoms with Gasteiger partial charge >= 0.3 is 0 Å². The van der Waals surface area contributed by atoms with Gasteiger partial charge in [-0.25, -0.2) is 4.98 Å². The summed E-state index contributed by atoms with van der Waals surface area (Å²) in [5.41, 5.74) is 9.86. The number of nitrogens with one attached hydrogen (secondary N) is 1. The number of hydrogen-bond acceptors (Lipinski definition) is 3. The Morgan fingerprint density at radius 3 is 2.50 bits per heavy atom. The molecule has 0 spiro atoms. The molecule has 0 saturated heterocycles. The van der Waals surface area contributed by atoms with E-state index in [4.69, 9.17) is 18.0 Å². The normalized spacial score (nSPS) is 10.1. The van der Waals surface area contributed by atoms with E-state index in [0.29, 0.717) is 4.99 Å². The number of nitrogens with two attached hydrogens (primary N) is 1. The maximum Gasteiger partial charge on any atom is 0.130 e. The molecule has 0 atom stereocenters. The van der Waals surface area contributed by atoms with Crippen molar-refractivity contribution >= 4 is 28.7 Å². The predicted molar refractivity (Wildman–Crippen MR) is 79.3 cm³/mol. The van der Waals surface area contributed by atoms with Gasteiger partial charge in [-0.05, 0) is 37.1 Å². The fourth-order valence-corrected chi connectivity index (χ4v) is 1.92. The van der Waals surface area contributed by atoms with Gasteiger partial charge in [0.2, 0.25) is 0 Å². The molecule has 0 aliphatic rings. The maximum atomic E-state index is 5.61. The average Bonchev–Trinajstić information content (AvgIpc) is 2.34. The van der Waals surface area contributed by atoms with Crippen LogP contribution in [0.25, 0.3) is 0 Å². The van der Waals surface area contributed by atoms with Crippen molar-refractivity contribution in [2.45, 2.75) is 13.8 Å². The van der Waals surface area contributed by atoms with Gasteiger partial charge in [0.15, 0.2) is 0 Å². The topological polar surface area (TPSA) is 50.9 Å². The molecule has 0 aliphatic heterocycles. The van der Waals surface area contributed by atoms with Gasteiger partial charge in [-0.1, -0.05) is 30.4 Å². The van der Waals surface area contributed by atoms with Gasteiger partial charge in [0.05, 0.1) is 0 Å². The molecular formula is C14H15N3S. The van der Waals surface area contributed by atoms with Crippen molar-refractivity contribution < 1.29 is 0 Å². The minimum absolute atomic E-state index is 0.377. The van der Waals surface area contributed by atoms with Crippen LogP contribution in [-0.2, 0) is 0 Å². The largest absolute Gasteiger partial charge is 0.389 e. The number of aryl methyl sites for hydroxylation is 2. The number of anilines is 2. The molecule has 1 aromatic carbocycles. The molecule has 18 heavy (non-hydrogen) atoms. The number of rotatable bonds is 3. The van der Waals surface area contributed by atoms with E-state index in [1.807, 2.05) is 12.1 Å². The highest BCUT2D eigenvalue weighted by atomic mass is 32.1. The van der Waals surface area contributed by atoms with Crippen molar-refractivity contribution in [1.82, 2.24) is 4.98 Å². The van der Waals surface area contributed by atoms with E-state index in [-0.39, 0.29) is 0 Å². The van der Waals surface area contributed by atoms with Crippen LogP contribution in [0, 0.1) is 13.8 Å². The lowest BCUT2D eigenvalue weighted by molar-refractivity contribution is 1.27. The number of hydrogen-bond donors (Lipinski definition) is 2. The van der Waals surface area contributed by atoms with Crippen LogP contribution in [0.5, 0.6) is 0 Å². The molecule has 92 valence electrons. The summed E-state index contributed by atoms with van der Waals surface area (Å²) in [6.07, 6.45) is 1.70. The molecule has 0 saturated carbocycles.